The van der Waals surface area contributed by atoms with Crippen molar-refractivity contribution in [3.63, 3.8) is 0 Å². The van der Waals surface area contributed by atoms with Gasteiger partial charge in [-0.05, 0) is 37.6 Å². The molecule has 2 heteroatoms. The Hall–Kier alpha value is -0.0800. The van der Waals surface area contributed by atoms with Crippen molar-refractivity contribution in [2.75, 3.05) is 6.54 Å². The molecular weight excluding hydrogens is 198 g/mol. The van der Waals surface area contributed by atoms with Gasteiger partial charge >= 0.3 is 0 Å². The molecule has 0 amide bonds. The number of hydrogen-bond donors (Lipinski definition) is 2. The lowest BCUT2D eigenvalue weighted by atomic mass is 9.97. The van der Waals surface area contributed by atoms with E-state index < -0.39 is 0 Å². The van der Waals surface area contributed by atoms with Crippen LogP contribution in [0.15, 0.2) is 0 Å². The van der Waals surface area contributed by atoms with Gasteiger partial charge in [0.2, 0.25) is 0 Å². The monoisotopic (exact) mass is 225 g/mol. The maximum absolute atomic E-state index is 10.0. The molecule has 0 aromatic carbocycles. The van der Waals surface area contributed by atoms with Crippen LogP contribution in [0.3, 0.4) is 0 Å². The van der Waals surface area contributed by atoms with E-state index in [9.17, 15) is 5.11 Å². The Kier molecular flexibility index (Phi) is 4.66. The Balaban J connectivity index is 1.75. The summed E-state index contributed by atoms with van der Waals surface area (Å²) in [6.07, 6.45) is 10.1. The van der Waals surface area contributed by atoms with E-state index >= 15 is 0 Å². The van der Waals surface area contributed by atoms with Gasteiger partial charge in [0.25, 0.3) is 0 Å². The summed E-state index contributed by atoms with van der Waals surface area (Å²) in [6.45, 7) is 3.51. The zero-order valence-corrected chi connectivity index (χ0v) is 10.6. The first-order valence-electron chi connectivity index (χ1n) is 7.19. The van der Waals surface area contributed by atoms with Crippen molar-refractivity contribution in [2.45, 2.75) is 70.4 Å². The van der Waals surface area contributed by atoms with Crippen LogP contribution in [0.4, 0.5) is 0 Å². The smallest absolute Gasteiger partial charge is 0.0693 e. The Morgan fingerprint density at radius 1 is 1.00 bits per heavy atom. The molecule has 0 radical (unpaired) electrons. The van der Waals surface area contributed by atoms with Gasteiger partial charge in [0.05, 0.1) is 6.10 Å². The standard InChI is InChI=1S/C14H27NO/c1-11-6-5-7-12(11)10-15-13-8-3-2-4-9-14(13)16/h11-16H,2-10H2,1H3. The third-order valence-corrected chi connectivity index (χ3v) is 4.66. The van der Waals surface area contributed by atoms with Gasteiger partial charge in [0.15, 0.2) is 0 Å². The number of aliphatic hydroxyl groups is 1. The molecule has 0 aliphatic heterocycles. The summed E-state index contributed by atoms with van der Waals surface area (Å²) >= 11 is 0. The van der Waals surface area contributed by atoms with Crippen molar-refractivity contribution in [1.29, 1.82) is 0 Å². The highest BCUT2D eigenvalue weighted by molar-refractivity contribution is 4.82. The summed E-state index contributed by atoms with van der Waals surface area (Å²) in [7, 11) is 0. The molecule has 2 N–H and O–H groups in total. The van der Waals surface area contributed by atoms with E-state index in [-0.39, 0.29) is 6.10 Å². The summed E-state index contributed by atoms with van der Waals surface area (Å²) in [5.74, 6) is 1.74. The van der Waals surface area contributed by atoms with Crippen molar-refractivity contribution in [1.82, 2.24) is 5.32 Å². The highest BCUT2D eigenvalue weighted by Gasteiger charge is 2.26. The minimum atomic E-state index is -0.0980. The molecule has 2 rings (SSSR count). The third-order valence-electron chi connectivity index (χ3n) is 4.66. The lowest BCUT2D eigenvalue weighted by Crippen LogP contribution is -2.41. The Morgan fingerprint density at radius 2 is 1.81 bits per heavy atom. The van der Waals surface area contributed by atoms with Gasteiger partial charge in [0.1, 0.15) is 0 Å². The minimum Gasteiger partial charge on any atom is -0.392 e. The number of nitrogens with one attached hydrogen (secondary N) is 1. The van der Waals surface area contributed by atoms with Gasteiger partial charge in [-0.1, -0.05) is 39.0 Å². The zero-order chi connectivity index (χ0) is 11.4. The molecule has 0 heterocycles. The number of rotatable bonds is 3. The van der Waals surface area contributed by atoms with Crippen LogP contribution in [-0.2, 0) is 0 Å². The fourth-order valence-corrected chi connectivity index (χ4v) is 3.35. The highest BCUT2D eigenvalue weighted by atomic mass is 16.3. The molecule has 4 unspecified atom stereocenters. The quantitative estimate of drug-likeness (QED) is 0.724. The van der Waals surface area contributed by atoms with Crippen molar-refractivity contribution in [3.8, 4) is 0 Å². The average Bonchev–Trinajstić information content (AvgIpc) is 2.56. The molecule has 2 aliphatic rings. The Morgan fingerprint density at radius 3 is 2.56 bits per heavy atom. The van der Waals surface area contributed by atoms with Gasteiger partial charge in [-0.3, -0.25) is 0 Å². The summed E-state index contributed by atoms with van der Waals surface area (Å²) in [5, 5.41) is 13.7. The van der Waals surface area contributed by atoms with Crippen LogP contribution >= 0.6 is 0 Å². The van der Waals surface area contributed by atoms with Crippen molar-refractivity contribution in [3.05, 3.63) is 0 Å². The maximum Gasteiger partial charge on any atom is 0.0693 e. The first-order chi connectivity index (χ1) is 7.77. The van der Waals surface area contributed by atoms with E-state index in [0.717, 1.165) is 24.8 Å². The topological polar surface area (TPSA) is 32.3 Å². The predicted molar refractivity (Wildman–Crippen MR) is 67.4 cm³/mol. The van der Waals surface area contributed by atoms with E-state index in [1.54, 1.807) is 0 Å². The second-order valence-electron chi connectivity index (χ2n) is 5.89. The van der Waals surface area contributed by atoms with E-state index in [0.29, 0.717) is 6.04 Å². The molecule has 2 aliphatic carbocycles. The van der Waals surface area contributed by atoms with Crippen LogP contribution in [-0.4, -0.2) is 23.8 Å². The first kappa shape index (κ1) is 12.4. The summed E-state index contributed by atoms with van der Waals surface area (Å²) < 4.78 is 0. The van der Waals surface area contributed by atoms with Crippen LogP contribution in [0.5, 0.6) is 0 Å². The molecule has 0 bridgehead atoms. The average molecular weight is 225 g/mol. The molecule has 0 aromatic heterocycles. The van der Waals surface area contributed by atoms with Crippen LogP contribution in [0.25, 0.3) is 0 Å². The molecule has 2 fully saturated rings. The van der Waals surface area contributed by atoms with Crippen LogP contribution in [0.1, 0.15) is 58.3 Å². The molecule has 2 nitrogen and oxygen atoms in total. The molecule has 0 saturated heterocycles. The lowest BCUT2D eigenvalue weighted by Gasteiger charge is -2.25. The molecule has 2 saturated carbocycles. The van der Waals surface area contributed by atoms with Crippen LogP contribution in [0.2, 0.25) is 0 Å². The minimum absolute atomic E-state index is 0.0980. The second kappa shape index (κ2) is 6.02. The van der Waals surface area contributed by atoms with Gasteiger partial charge in [-0.15, -0.1) is 0 Å². The summed E-state index contributed by atoms with van der Waals surface area (Å²) in [5.41, 5.74) is 0. The van der Waals surface area contributed by atoms with Crippen molar-refractivity contribution in [2.24, 2.45) is 11.8 Å². The van der Waals surface area contributed by atoms with Crippen molar-refractivity contribution < 1.29 is 5.11 Å². The second-order valence-corrected chi connectivity index (χ2v) is 5.89. The Labute approximate surface area is 99.8 Å². The Bertz CT molecular complexity index is 207. The van der Waals surface area contributed by atoms with E-state index in [1.807, 2.05) is 0 Å². The summed E-state index contributed by atoms with van der Waals surface area (Å²) in [6, 6.07) is 0.371. The molecule has 4 atom stereocenters. The lowest BCUT2D eigenvalue weighted by molar-refractivity contribution is 0.116. The normalized spacial score (nSPS) is 40.9. The largest absolute Gasteiger partial charge is 0.392 e. The van der Waals surface area contributed by atoms with E-state index in [4.69, 9.17) is 0 Å². The maximum atomic E-state index is 10.0. The fourth-order valence-electron chi connectivity index (χ4n) is 3.35. The van der Waals surface area contributed by atoms with Gasteiger partial charge in [-0.2, -0.15) is 0 Å². The molecule has 0 aromatic rings. The molecular formula is C14H27NO. The number of hydrogen-bond acceptors (Lipinski definition) is 2. The molecule has 94 valence electrons. The number of aliphatic hydroxyl groups excluding tert-OH is 1. The zero-order valence-electron chi connectivity index (χ0n) is 10.6. The van der Waals surface area contributed by atoms with Gasteiger partial charge in [0, 0.05) is 6.04 Å². The van der Waals surface area contributed by atoms with Gasteiger partial charge in [-0.25, -0.2) is 0 Å². The van der Waals surface area contributed by atoms with Gasteiger partial charge < -0.3 is 10.4 Å². The van der Waals surface area contributed by atoms with E-state index in [1.165, 1.54) is 44.9 Å². The molecule has 16 heavy (non-hydrogen) atoms. The van der Waals surface area contributed by atoms with E-state index in [2.05, 4.69) is 12.2 Å². The van der Waals surface area contributed by atoms with Crippen LogP contribution in [0, 0.1) is 11.8 Å². The summed E-state index contributed by atoms with van der Waals surface area (Å²) in [4.78, 5) is 0. The first-order valence-corrected chi connectivity index (χ1v) is 7.19. The fraction of sp³-hybridized carbons (Fsp3) is 1.00. The molecule has 0 spiro atoms. The van der Waals surface area contributed by atoms with Crippen molar-refractivity contribution >= 4 is 0 Å². The SMILES string of the molecule is CC1CCCC1CNC1CCCCCC1O. The third kappa shape index (κ3) is 3.21. The predicted octanol–water partition coefficient (Wildman–Crippen LogP) is 2.71. The van der Waals surface area contributed by atoms with Crippen LogP contribution < -0.4 is 5.32 Å². The highest BCUT2D eigenvalue weighted by Crippen LogP contribution is 2.30.